The summed E-state index contributed by atoms with van der Waals surface area (Å²) < 4.78 is 12.6. The van der Waals surface area contributed by atoms with Gasteiger partial charge in [-0.05, 0) is 24.7 Å². The highest BCUT2D eigenvalue weighted by atomic mass is 19.1. The number of halogens is 1. The van der Waals surface area contributed by atoms with E-state index in [-0.39, 0.29) is 17.6 Å². The highest BCUT2D eigenvalue weighted by Crippen LogP contribution is 2.02. The molecule has 0 bridgehead atoms. The number of nitrogens with one attached hydrogen (secondary N) is 2. The molecule has 0 saturated carbocycles. The molecule has 16 heavy (non-hydrogen) atoms. The Morgan fingerprint density at radius 2 is 2.00 bits per heavy atom. The molecule has 3 nitrogen and oxygen atoms in total. The second-order valence-electron chi connectivity index (χ2n) is 3.80. The van der Waals surface area contributed by atoms with Crippen molar-refractivity contribution in [1.29, 1.82) is 0 Å². The Kier molecular flexibility index (Phi) is 4.92. The topological polar surface area (TPSA) is 41.1 Å². The molecule has 0 spiro atoms. The maximum absolute atomic E-state index is 12.6. The van der Waals surface area contributed by atoms with Crippen LogP contribution in [-0.2, 0) is 11.3 Å². The molecule has 0 aliphatic rings. The second-order valence-corrected chi connectivity index (χ2v) is 3.80. The van der Waals surface area contributed by atoms with E-state index in [9.17, 15) is 9.18 Å². The fraction of sp³-hybridized carbons (Fsp3) is 0.417. The number of hydrogen-bond donors (Lipinski definition) is 2. The van der Waals surface area contributed by atoms with Crippen LogP contribution in [0.15, 0.2) is 24.3 Å². The van der Waals surface area contributed by atoms with Gasteiger partial charge in [0.2, 0.25) is 5.91 Å². The lowest BCUT2D eigenvalue weighted by atomic mass is 10.1. The Balaban J connectivity index is 2.39. The van der Waals surface area contributed by atoms with E-state index < -0.39 is 0 Å². The van der Waals surface area contributed by atoms with Crippen LogP contribution in [0.3, 0.4) is 0 Å². The average Bonchev–Trinajstić information content (AvgIpc) is 2.28. The first-order chi connectivity index (χ1) is 7.63. The van der Waals surface area contributed by atoms with Gasteiger partial charge in [0.05, 0.1) is 0 Å². The Labute approximate surface area is 95.0 Å². The average molecular weight is 224 g/mol. The van der Waals surface area contributed by atoms with Crippen molar-refractivity contribution in [2.75, 3.05) is 13.6 Å². The van der Waals surface area contributed by atoms with Crippen molar-refractivity contribution in [3.05, 3.63) is 35.6 Å². The molecule has 1 amide bonds. The Morgan fingerprint density at radius 1 is 1.38 bits per heavy atom. The molecule has 1 aromatic rings. The molecule has 0 aliphatic carbocycles. The normalized spacial score (nSPS) is 12.2. The van der Waals surface area contributed by atoms with E-state index in [2.05, 4.69) is 10.6 Å². The third-order valence-electron chi connectivity index (χ3n) is 2.34. The molecule has 1 aromatic carbocycles. The zero-order valence-electron chi connectivity index (χ0n) is 9.59. The van der Waals surface area contributed by atoms with Crippen LogP contribution in [0.4, 0.5) is 4.39 Å². The third-order valence-corrected chi connectivity index (χ3v) is 2.34. The van der Waals surface area contributed by atoms with Crippen LogP contribution in [0.25, 0.3) is 0 Å². The van der Waals surface area contributed by atoms with Crippen molar-refractivity contribution in [3.8, 4) is 0 Å². The lowest BCUT2D eigenvalue weighted by Gasteiger charge is -2.11. The van der Waals surface area contributed by atoms with E-state index in [4.69, 9.17) is 0 Å². The van der Waals surface area contributed by atoms with Crippen molar-refractivity contribution < 1.29 is 9.18 Å². The first-order valence-electron chi connectivity index (χ1n) is 5.30. The number of hydrogen-bond acceptors (Lipinski definition) is 2. The van der Waals surface area contributed by atoms with Crippen LogP contribution in [0.2, 0.25) is 0 Å². The van der Waals surface area contributed by atoms with Gasteiger partial charge in [-0.25, -0.2) is 4.39 Å². The molecule has 0 heterocycles. The number of carbonyl (C=O) groups excluding carboxylic acids is 1. The molecule has 1 unspecified atom stereocenters. The van der Waals surface area contributed by atoms with E-state index in [0.29, 0.717) is 13.1 Å². The van der Waals surface area contributed by atoms with Gasteiger partial charge in [0, 0.05) is 19.0 Å². The minimum Gasteiger partial charge on any atom is -0.352 e. The van der Waals surface area contributed by atoms with Gasteiger partial charge >= 0.3 is 0 Å². The van der Waals surface area contributed by atoms with Crippen LogP contribution < -0.4 is 10.6 Å². The fourth-order valence-corrected chi connectivity index (χ4v) is 1.36. The lowest BCUT2D eigenvalue weighted by molar-refractivity contribution is -0.124. The summed E-state index contributed by atoms with van der Waals surface area (Å²) in [5.74, 6) is -0.331. The molecule has 0 saturated heterocycles. The molecule has 0 radical (unpaired) electrons. The predicted octanol–water partition coefficient (Wildman–Crippen LogP) is 1.30. The second kappa shape index (κ2) is 6.23. The molecular weight excluding hydrogens is 207 g/mol. The van der Waals surface area contributed by atoms with E-state index in [0.717, 1.165) is 5.56 Å². The molecule has 4 heteroatoms. The van der Waals surface area contributed by atoms with Crippen LogP contribution in [-0.4, -0.2) is 19.5 Å². The van der Waals surface area contributed by atoms with Gasteiger partial charge in [0.15, 0.2) is 0 Å². The number of rotatable bonds is 5. The number of benzene rings is 1. The zero-order chi connectivity index (χ0) is 12.0. The van der Waals surface area contributed by atoms with Gasteiger partial charge in [-0.15, -0.1) is 0 Å². The SMILES string of the molecule is CNCC(C)C(=O)NCc1ccc(F)cc1. The smallest absolute Gasteiger partial charge is 0.224 e. The summed E-state index contributed by atoms with van der Waals surface area (Å²) in [6, 6.07) is 6.10. The summed E-state index contributed by atoms with van der Waals surface area (Å²) in [6.45, 7) is 2.94. The van der Waals surface area contributed by atoms with Crippen molar-refractivity contribution >= 4 is 5.91 Å². The van der Waals surface area contributed by atoms with E-state index in [1.807, 2.05) is 14.0 Å². The van der Waals surface area contributed by atoms with Crippen molar-refractivity contribution in [2.45, 2.75) is 13.5 Å². The van der Waals surface area contributed by atoms with E-state index >= 15 is 0 Å². The largest absolute Gasteiger partial charge is 0.352 e. The van der Waals surface area contributed by atoms with Crippen LogP contribution in [0, 0.1) is 11.7 Å². The minimum atomic E-state index is -0.265. The summed E-state index contributed by atoms with van der Waals surface area (Å²) in [7, 11) is 1.81. The van der Waals surface area contributed by atoms with Crippen molar-refractivity contribution in [3.63, 3.8) is 0 Å². The standard InChI is InChI=1S/C12H17FN2O/c1-9(7-14-2)12(16)15-8-10-3-5-11(13)6-4-10/h3-6,9,14H,7-8H2,1-2H3,(H,15,16). The third kappa shape index (κ3) is 3.98. The van der Waals surface area contributed by atoms with Gasteiger partial charge in [0.1, 0.15) is 5.82 Å². The van der Waals surface area contributed by atoms with Gasteiger partial charge < -0.3 is 10.6 Å². The molecule has 88 valence electrons. The zero-order valence-corrected chi connectivity index (χ0v) is 9.59. The molecule has 0 fully saturated rings. The lowest BCUT2D eigenvalue weighted by Crippen LogP contribution is -2.33. The predicted molar refractivity (Wildman–Crippen MR) is 61.3 cm³/mol. The quantitative estimate of drug-likeness (QED) is 0.791. The number of carbonyl (C=O) groups is 1. The Morgan fingerprint density at radius 3 is 2.56 bits per heavy atom. The van der Waals surface area contributed by atoms with Gasteiger partial charge in [-0.2, -0.15) is 0 Å². The highest BCUT2D eigenvalue weighted by Gasteiger charge is 2.10. The Hall–Kier alpha value is -1.42. The van der Waals surface area contributed by atoms with E-state index in [1.54, 1.807) is 12.1 Å². The van der Waals surface area contributed by atoms with Gasteiger partial charge in [-0.3, -0.25) is 4.79 Å². The summed E-state index contributed by atoms with van der Waals surface area (Å²) in [6.07, 6.45) is 0. The molecule has 1 rings (SSSR count). The van der Waals surface area contributed by atoms with Crippen molar-refractivity contribution in [1.82, 2.24) is 10.6 Å². The molecule has 0 aromatic heterocycles. The summed E-state index contributed by atoms with van der Waals surface area (Å²) >= 11 is 0. The van der Waals surface area contributed by atoms with Crippen molar-refractivity contribution in [2.24, 2.45) is 5.92 Å². The number of amides is 1. The maximum Gasteiger partial charge on any atom is 0.224 e. The molecule has 1 atom stereocenters. The summed E-state index contributed by atoms with van der Waals surface area (Å²) in [5, 5.41) is 5.75. The molecule has 2 N–H and O–H groups in total. The monoisotopic (exact) mass is 224 g/mol. The summed E-state index contributed by atoms with van der Waals surface area (Å²) in [4.78, 5) is 11.5. The minimum absolute atomic E-state index is 0.00123. The fourth-order valence-electron chi connectivity index (χ4n) is 1.36. The molecule has 0 aliphatic heterocycles. The van der Waals surface area contributed by atoms with Gasteiger partial charge in [0.25, 0.3) is 0 Å². The van der Waals surface area contributed by atoms with Gasteiger partial charge in [-0.1, -0.05) is 19.1 Å². The Bertz CT molecular complexity index is 337. The van der Waals surface area contributed by atoms with E-state index in [1.165, 1.54) is 12.1 Å². The molecular formula is C12H17FN2O. The van der Waals surface area contributed by atoms with Crippen LogP contribution in [0.5, 0.6) is 0 Å². The first kappa shape index (κ1) is 12.6. The van der Waals surface area contributed by atoms with Crippen LogP contribution in [0.1, 0.15) is 12.5 Å². The van der Waals surface area contributed by atoms with Crippen LogP contribution >= 0.6 is 0 Å². The summed E-state index contributed by atoms with van der Waals surface area (Å²) in [5.41, 5.74) is 0.895. The first-order valence-corrected chi connectivity index (χ1v) is 5.30. The maximum atomic E-state index is 12.6. The highest BCUT2D eigenvalue weighted by molar-refractivity contribution is 5.78.